The molecule has 1 atom stereocenters. The summed E-state index contributed by atoms with van der Waals surface area (Å²) in [6.07, 6.45) is 3.86. The summed E-state index contributed by atoms with van der Waals surface area (Å²) in [5.41, 5.74) is 0.994. The normalized spacial score (nSPS) is 29.8. The van der Waals surface area contributed by atoms with Gasteiger partial charge in [-0.1, -0.05) is 30.3 Å². The summed E-state index contributed by atoms with van der Waals surface area (Å²) >= 11 is 0. The molecule has 1 unspecified atom stereocenters. The van der Waals surface area contributed by atoms with Crippen molar-refractivity contribution in [3.8, 4) is 0 Å². The standard InChI is InChI=1S/C18H26N2O3/c1-18(8-5-9-23-18)13-19-15-10-16(11-15)20-17(21)22-12-14-6-3-2-4-7-14/h2-4,6-7,15-16,19H,5,8-13H2,1H3,(H,20,21). The van der Waals surface area contributed by atoms with Gasteiger partial charge >= 0.3 is 6.09 Å². The van der Waals surface area contributed by atoms with Crippen molar-refractivity contribution in [3.05, 3.63) is 35.9 Å². The van der Waals surface area contributed by atoms with E-state index in [9.17, 15) is 4.79 Å². The van der Waals surface area contributed by atoms with Crippen LogP contribution in [0.15, 0.2) is 30.3 Å². The molecule has 2 N–H and O–H groups in total. The van der Waals surface area contributed by atoms with Crippen molar-refractivity contribution >= 4 is 6.09 Å². The number of hydrogen-bond donors (Lipinski definition) is 2. The molecule has 0 radical (unpaired) electrons. The minimum atomic E-state index is -0.330. The third-order valence-electron chi connectivity index (χ3n) is 4.74. The zero-order chi connectivity index (χ0) is 16.1. The molecule has 0 bridgehead atoms. The monoisotopic (exact) mass is 318 g/mol. The number of carbonyl (C=O) groups is 1. The molecule has 1 aromatic rings. The lowest BCUT2D eigenvalue weighted by Crippen LogP contribution is -2.54. The van der Waals surface area contributed by atoms with Gasteiger partial charge in [0.05, 0.1) is 5.60 Å². The highest BCUT2D eigenvalue weighted by molar-refractivity contribution is 5.67. The average molecular weight is 318 g/mol. The Morgan fingerprint density at radius 2 is 2.09 bits per heavy atom. The van der Waals surface area contributed by atoms with E-state index in [0.717, 1.165) is 44.4 Å². The number of nitrogens with one attached hydrogen (secondary N) is 2. The average Bonchev–Trinajstić information content (AvgIpc) is 2.95. The lowest BCUT2D eigenvalue weighted by atomic mass is 9.86. The maximum absolute atomic E-state index is 11.8. The van der Waals surface area contributed by atoms with Gasteiger partial charge in [-0.25, -0.2) is 4.79 Å². The van der Waals surface area contributed by atoms with Gasteiger partial charge in [0, 0.05) is 25.2 Å². The van der Waals surface area contributed by atoms with Crippen LogP contribution in [0.3, 0.4) is 0 Å². The summed E-state index contributed by atoms with van der Waals surface area (Å²) in [6.45, 7) is 4.25. The zero-order valence-corrected chi connectivity index (χ0v) is 13.7. The zero-order valence-electron chi connectivity index (χ0n) is 13.7. The van der Waals surface area contributed by atoms with Crippen LogP contribution in [0.2, 0.25) is 0 Å². The van der Waals surface area contributed by atoms with Gasteiger partial charge in [-0.15, -0.1) is 0 Å². The molecule has 5 heteroatoms. The molecule has 0 spiro atoms. The van der Waals surface area contributed by atoms with Crippen LogP contribution in [0.1, 0.15) is 38.2 Å². The third kappa shape index (κ3) is 4.69. The van der Waals surface area contributed by atoms with Crippen LogP contribution in [0, 0.1) is 0 Å². The van der Waals surface area contributed by atoms with E-state index in [-0.39, 0.29) is 17.7 Å². The lowest BCUT2D eigenvalue weighted by Gasteiger charge is -2.38. The highest BCUT2D eigenvalue weighted by atomic mass is 16.5. The Kier molecular flexibility index (Phi) is 5.18. The van der Waals surface area contributed by atoms with Crippen molar-refractivity contribution in [2.75, 3.05) is 13.2 Å². The molecule has 23 heavy (non-hydrogen) atoms. The molecule has 3 rings (SSSR count). The molecule has 1 saturated carbocycles. The molecular formula is C18H26N2O3. The quantitative estimate of drug-likeness (QED) is 0.846. The number of amides is 1. The number of rotatable bonds is 6. The Morgan fingerprint density at radius 3 is 2.78 bits per heavy atom. The maximum atomic E-state index is 11.8. The van der Waals surface area contributed by atoms with Gasteiger partial charge in [0.1, 0.15) is 6.61 Å². The number of benzene rings is 1. The van der Waals surface area contributed by atoms with Crippen molar-refractivity contribution < 1.29 is 14.3 Å². The smallest absolute Gasteiger partial charge is 0.407 e. The van der Waals surface area contributed by atoms with Crippen LogP contribution in [-0.4, -0.2) is 36.9 Å². The van der Waals surface area contributed by atoms with E-state index in [0.29, 0.717) is 12.6 Å². The molecular weight excluding hydrogens is 292 g/mol. The molecule has 126 valence electrons. The summed E-state index contributed by atoms with van der Waals surface area (Å²) in [5, 5.41) is 6.47. The fourth-order valence-electron chi connectivity index (χ4n) is 3.17. The van der Waals surface area contributed by atoms with Gasteiger partial charge in [-0.05, 0) is 38.2 Å². The maximum Gasteiger partial charge on any atom is 0.407 e. The Labute approximate surface area is 137 Å². The van der Waals surface area contributed by atoms with E-state index >= 15 is 0 Å². The molecule has 1 aromatic carbocycles. The Balaban J connectivity index is 1.28. The van der Waals surface area contributed by atoms with E-state index in [1.54, 1.807) is 0 Å². The van der Waals surface area contributed by atoms with E-state index in [1.807, 2.05) is 30.3 Å². The van der Waals surface area contributed by atoms with Crippen molar-refractivity contribution in [2.24, 2.45) is 0 Å². The number of hydrogen-bond acceptors (Lipinski definition) is 4. The summed E-state index contributed by atoms with van der Waals surface area (Å²) < 4.78 is 11.0. The fourth-order valence-corrected chi connectivity index (χ4v) is 3.17. The Bertz CT molecular complexity index is 508. The number of carbonyl (C=O) groups excluding carboxylic acids is 1. The number of ether oxygens (including phenoxy) is 2. The molecule has 0 aromatic heterocycles. The minimum Gasteiger partial charge on any atom is -0.445 e. The predicted molar refractivity (Wildman–Crippen MR) is 88.2 cm³/mol. The summed E-state index contributed by atoms with van der Waals surface area (Å²) in [7, 11) is 0. The van der Waals surface area contributed by atoms with Crippen LogP contribution in [0.4, 0.5) is 4.79 Å². The van der Waals surface area contributed by atoms with E-state index in [2.05, 4.69) is 17.6 Å². The summed E-state index contributed by atoms with van der Waals surface area (Å²) in [5.74, 6) is 0. The van der Waals surface area contributed by atoms with Crippen molar-refractivity contribution in [2.45, 2.75) is 56.9 Å². The largest absolute Gasteiger partial charge is 0.445 e. The van der Waals surface area contributed by atoms with Gasteiger partial charge < -0.3 is 20.1 Å². The highest BCUT2D eigenvalue weighted by Gasteiger charge is 2.34. The van der Waals surface area contributed by atoms with Crippen molar-refractivity contribution in [3.63, 3.8) is 0 Å². The second-order valence-electron chi connectivity index (χ2n) is 6.85. The first-order valence-electron chi connectivity index (χ1n) is 8.47. The number of alkyl carbamates (subject to hydrolysis) is 1. The molecule has 1 saturated heterocycles. The van der Waals surface area contributed by atoms with Crippen LogP contribution in [0.5, 0.6) is 0 Å². The predicted octanol–water partition coefficient (Wildman–Crippen LogP) is 2.60. The topological polar surface area (TPSA) is 59.6 Å². The van der Waals surface area contributed by atoms with E-state index in [1.165, 1.54) is 0 Å². The van der Waals surface area contributed by atoms with Crippen LogP contribution in [0.25, 0.3) is 0 Å². The van der Waals surface area contributed by atoms with E-state index < -0.39 is 0 Å². The van der Waals surface area contributed by atoms with Crippen LogP contribution < -0.4 is 10.6 Å². The minimum absolute atomic E-state index is 0.00682. The van der Waals surface area contributed by atoms with Gasteiger partial charge in [0.25, 0.3) is 0 Å². The van der Waals surface area contributed by atoms with Gasteiger partial charge in [-0.3, -0.25) is 0 Å². The van der Waals surface area contributed by atoms with Crippen molar-refractivity contribution in [1.82, 2.24) is 10.6 Å². The van der Waals surface area contributed by atoms with Gasteiger partial charge in [-0.2, -0.15) is 0 Å². The molecule has 5 nitrogen and oxygen atoms in total. The summed E-state index contributed by atoms with van der Waals surface area (Å²) in [4.78, 5) is 11.8. The second-order valence-corrected chi connectivity index (χ2v) is 6.85. The first-order chi connectivity index (χ1) is 11.1. The first kappa shape index (κ1) is 16.3. The molecule has 1 heterocycles. The molecule has 1 aliphatic heterocycles. The molecule has 2 aliphatic rings. The molecule has 2 fully saturated rings. The highest BCUT2D eigenvalue weighted by Crippen LogP contribution is 2.26. The Morgan fingerprint density at radius 1 is 1.30 bits per heavy atom. The molecule has 1 aliphatic carbocycles. The van der Waals surface area contributed by atoms with Crippen LogP contribution in [-0.2, 0) is 16.1 Å². The summed E-state index contributed by atoms with van der Waals surface area (Å²) in [6, 6.07) is 10.4. The SMILES string of the molecule is CC1(CNC2CC(NC(=O)OCc3ccccc3)C2)CCCO1. The van der Waals surface area contributed by atoms with Crippen molar-refractivity contribution in [1.29, 1.82) is 0 Å². The van der Waals surface area contributed by atoms with Crippen LogP contribution >= 0.6 is 0 Å². The lowest BCUT2D eigenvalue weighted by molar-refractivity contribution is 0.0152. The van der Waals surface area contributed by atoms with Gasteiger partial charge in [0.2, 0.25) is 0 Å². The van der Waals surface area contributed by atoms with Gasteiger partial charge in [0.15, 0.2) is 0 Å². The van der Waals surface area contributed by atoms with E-state index in [4.69, 9.17) is 9.47 Å². The fraction of sp³-hybridized carbons (Fsp3) is 0.611. The first-order valence-corrected chi connectivity index (χ1v) is 8.47. The molecule has 1 amide bonds. The second kappa shape index (κ2) is 7.32. The third-order valence-corrected chi connectivity index (χ3v) is 4.74. The Hall–Kier alpha value is -1.59.